The summed E-state index contributed by atoms with van der Waals surface area (Å²) >= 11 is 1.49. The largest absolute Gasteiger partial charge is 0.477 e. The van der Waals surface area contributed by atoms with Gasteiger partial charge in [0, 0.05) is 22.6 Å². The molecule has 2 fully saturated rings. The van der Waals surface area contributed by atoms with E-state index in [9.17, 15) is 19.8 Å². The molecule has 0 unspecified atom stereocenters. The van der Waals surface area contributed by atoms with Gasteiger partial charge in [0.05, 0.1) is 24.1 Å². The lowest BCUT2D eigenvalue weighted by atomic mass is 9.79. The number of thioether (sulfide) groups is 1. The van der Waals surface area contributed by atoms with Crippen molar-refractivity contribution in [1.82, 2.24) is 20.4 Å². The molecule has 10 heteroatoms. The summed E-state index contributed by atoms with van der Waals surface area (Å²) in [6.07, 6.45) is 1.30. The highest BCUT2D eigenvalue weighted by Crippen LogP contribution is 2.52. The number of fused-ring (bicyclic) bond motifs is 1. The van der Waals surface area contributed by atoms with Crippen molar-refractivity contribution >= 4 is 23.6 Å². The van der Waals surface area contributed by atoms with Gasteiger partial charge < -0.3 is 25.0 Å². The summed E-state index contributed by atoms with van der Waals surface area (Å²) < 4.78 is 5.10. The number of aromatic nitrogens is 2. The van der Waals surface area contributed by atoms with Crippen LogP contribution in [0.4, 0.5) is 0 Å². The summed E-state index contributed by atoms with van der Waals surface area (Å²) in [7, 11) is 0. The minimum absolute atomic E-state index is 0.0514. The average Bonchev–Trinajstić information content (AvgIpc) is 3.28. The number of aliphatic carboxylic acids is 1. The third-order valence-corrected chi connectivity index (χ3v) is 6.88. The van der Waals surface area contributed by atoms with E-state index in [0.29, 0.717) is 17.3 Å². The average molecular weight is 380 g/mol. The fourth-order valence-electron chi connectivity index (χ4n) is 4.17. The van der Waals surface area contributed by atoms with Crippen LogP contribution in [0.5, 0.6) is 0 Å². The molecule has 0 spiro atoms. The van der Waals surface area contributed by atoms with Crippen LogP contribution in [-0.4, -0.2) is 61.1 Å². The highest BCUT2D eigenvalue weighted by Gasteiger charge is 2.60. The minimum Gasteiger partial charge on any atom is -0.477 e. The number of amides is 1. The van der Waals surface area contributed by atoms with Crippen LogP contribution in [0.3, 0.4) is 0 Å². The van der Waals surface area contributed by atoms with Crippen LogP contribution in [0.1, 0.15) is 32.2 Å². The lowest BCUT2D eigenvalue weighted by molar-refractivity contribution is -0.163. The predicted octanol–water partition coefficient (Wildman–Crippen LogP) is 0.359. The number of aliphatic hydroxyl groups excluding tert-OH is 1. The Morgan fingerprint density at radius 1 is 1.54 bits per heavy atom. The van der Waals surface area contributed by atoms with E-state index in [-0.39, 0.29) is 34.9 Å². The molecular weight excluding hydrogens is 360 g/mol. The van der Waals surface area contributed by atoms with E-state index in [1.807, 2.05) is 6.92 Å². The summed E-state index contributed by atoms with van der Waals surface area (Å²) in [6, 6.07) is -0.332. The van der Waals surface area contributed by atoms with Crippen LogP contribution in [0.2, 0.25) is 0 Å². The number of hydrogen-bond acceptors (Lipinski definition) is 8. The van der Waals surface area contributed by atoms with E-state index in [4.69, 9.17) is 4.52 Å². The first-order valence-corrected chi connectivity index (χ1v) is 9.43. The number of rotatable bonds is 5. The number of aliphatic hydroxyl groups is 1. The van der Waals surface area contributed by atoms with Crippen molar-refractivity contribution in [3.63, 3.8) is 0 Å². The van der Waals surface area contributed by atoms with Crippen molar-refractivity contribution in [2.45, 2.75) is 43.7 Å². The molecule has 3 aliphatic rings. The Labute approximate surface area is 153 Å². The maximum absolute atomic E-state index is 12.4. The second-order valence-corrected chi connectivity index (χ2v) is 8.33. The molecule has 140 valence electrons. The molecule has 0 aromatic carbocycles. The quantitative estimate of drug-likeness (QED) is 0.620. The van der Waals surface area contributed by atoms with Gasteiger partial charge >= 0.3 is 5.97 Å². The van der Waals surface area contributed by atoms with E-state index >= 15 is 0 Å². The maximum Gasteiger partial charge on any atom is 0.353 e. The number of carbonyl (C=O) groups is 2. The Balaban J connectivity index is 1.54. The molecule has 4 heterocycles. The van der Waals surface area contributed by atoms with E-state index in [2.05, 4.69) is 15.5 Å². The summed E-state index contributed by atoms with van der Waals surface area (Å²) in [4.78, 5) is 30.3. The molecule has 4 rings (SSSR count). The van der Waals surface area contributed by atoms with Crippen molar-refractivity contribution in [2.75, 3.05) is 6.54 Å². The van der Waals surface area contributed by atoms with Crippen LogP contribution in [-0.2, 0) is 9.59 Å². The Morgan fingerprint density at radius 3 is 2.92 bits per heavy atom. The summed E-state index contributed by atoms with van der Waals surface area (Å²) in [5, 5.41) is 26.6. The molecular formula is C16H20N4O5S. The third kappa shape index (κ3) is 2.55. The smallest absolute Gasteiger partial charge is 0.353 e. The molecule has 3 aliphatic heterocycles. The molecule has 0 radical (unpaired) electrons. The lowest BCUT2D eigenvalue weighted by Gasteiger charge is -2.46. The Kier molecular flexibility index (Phi) is 4.28. The van der Waals surface area contributed by atoms with Crippen molar-refractivity contribution in [2.24, 2.45) is 11.8 Å². The SMILES string of the molecule is C[C@@H](O)[C@H]1C(=O)N2C(C(=O)O)=C(S[C@@H]3CN[C@H](c4ncno4)C3)[C@H](C)[C@H]12. The summed E-state index contributed by atoms with van der Waals surface area (Å²) in [5.74, 6) is -1.54. The minimum atomic E-state index is -1.10. The topological polar surface area (TPSA) is 129 Å². The highest BCUT2D eigenvalue weighted by atomic mass is 32.2. The van der Waals surface area contributed by atoms with Gasteiger partial charge in [0.15, 0.2) is 6.33 Å². The zero-order valence-corrected chi connectivity index (χ0v) is 15.1. The second-order valence-electron chi connectivity index (χ2n) is 6.99. The summed E-state index contributed by atoms with van der Waals surface area (Å²) in [5.41, 5.74) is 0.0654. The Hall–Kier alpha value is -1.91. The van der Waals surface area contributed by atoms with Crippen LogP contribution in [0.15, 0.2) is 21.5 Å². The first-order valence-electron chi connectivity index (χ1n) is 8.55. The van der Waals surface area contributed by atoms with E-state index in [1.54, 1.807) is 6.92 Å². The standard InChI is InChI=1S/C16H20N4O5S/c1-6-11-10(7(2)21)15(22)20(11)12(16(23)24)13(6)26-8-3-9(17-4-8)14-18-5-19-25-14/h5-11,17,21H,3-4H2,1-2H3,(H,23,24)/t6-,7-,8+,9+,10-,11-/m1/s1. The van der Waals surface area contributed by atoms with Gasteiger partial charge in [0.1, 0.15) is 5.70 Å². The molecule has 1 amide bonds. The monoisotopic (exact) mass is 380 g/mol. The molecule has 9 nitrogen and oxygen atoms in total. The van der Waals surface area contributed by atoms with Crippen molar-refractivity contribution < 1.29 is 24.3 Å². The zero-order valence-electron chi connectivity index (χ0n) is 14.3. The predicted molar refractivity (Wildman–Crippen MR) is 90.7 cm³/mol. The maximum atomic E-state index is 12.4. The number of nitrogens with zero attached hydrogens (tertiary/aromatic N) is 3. The number of carboxylic acid groups (broad SMARTS) is 1. The lowest BCUT2D eigenvalue weighted by Crippen LogP contribution is -2.63. The van der Waals surface area contributed by atoms with Gasteiger partial charge in [-0.3, -0.25) is 4.79 Å². The fourth-order valence-corrected chi connectivity index (χ4v) is 5.65. The molecule has 26 heavy (non-hydrogen) atoms. The number of nitrogens with one attached hydrogen (secondary N) is 1. The normalized spacial score (nSPS) is 34.8. The summed E-state index contributed by atoms with van der Waals surface area (Å²) in [6.45, 7) is 4.18. The van der Waals surface area contributed by atoms with Crippen molar-refractivity contribution in [1.29, 1.82) is 0 Å². The zero-order chi connectivity index (χ0) is 18.6. The van der Waals surface area contributed by atoms with Gasteiger partial charge in [-0.15, -0.1) is 11.8 Å². The van der Waals surface area contributed by atoms with Gasteiger partial charge in [-0.05, 0) is 13.3 Å². The van der Waals surface area contributed by atoms with Gasteiger partial charge in [-0.25, -0.2) is 4.79 Å². The van der Waals surface area contributed by atoms with E-state index < -0.39 is 18.0 Å². The van der Waals surface area contributed by atoms with E-state index in [1.165, 1.54) is 23.0 Å². The molecule has 0 saturated carbocycles. The fraction of sp³-hybridized carbons (Fsp3) is 0.625. The molecule has 0 aliphatic carbocycles. The van der Waals surface area contributed by atoms with Gasteiger partial charge in [0.25, 0.3) is 0 Å². The van der Waals surface area contributed by atoms with Crippen LogP contribution in [0, 0.1) is 11.8 Å². The first-order chi connectivity index (χ1) is 12.4. The number of carboxylic acids is 1. The van der Waals surface area contributed by atoms with Crippen LogP contribution >= 0.6 is 11.8 Å². The molecule has 0 bridgehead atoms. The van der Waals surface area contributed by atoms with Crippen molar-refractivity contribution in [3.05, 3.63) is 22.8 Å². The first kappa shape index (κ1) is 17.5. The molecule has 3 N–H and O–H groups in total. The Bertz CT molecular complexity index is 765. The van der Waals surface area contributed by atoms with Gasteiger partial charge in [0.2, 0.25) is 11.8 Å². The number of β-lactam (4-membered cyclic amide) rings is 1. The molecule has 2 saturated heterocycles. The van der Waals surface area contributed by atoms with Gasteiger partial charge in [-0.2, -0.15) is 4.98 Å². The van der Waals surface area contributed by atoms with Crippen molar-refractivity contribution in [3.8, 4) is 0 Å². The highest BCUT2D eigenvalue weighted by molar-refractivity contribution is 8.03. The molecule has 6 atom stereocenters. The molecule has 1 aromatic rings. The number of hydrogen-bond donors (Lipinski definition) is 3. The van der Waals surface area contributed by atoms with E-state index in [0.717, 1.165) is 6.42 Å². The van der Waals surface area contributed by atoms with Crippen LogP contribution in [0.25, 0.3) is 0 Å². The molecule has 1 aromatic heterocycles. The second kappa shape index (κ2) is 6.36. The third-order valence-electron chi connectivity index (χ3n) is 5.37. The van der Waals surface area contributed by atoms with Crippen LogP contribution < -0.4 is 5.32 Å². The van der Waals surface area contributed by atoms with Gasteiger partial charge in [-0.1, -0.05) is 12.1 Å². The number of carbonyl (C=O) groups excluding carboxylic acids is 1. The Morgan fingerprint density at radius 2 is 2.31 bits per heavy atom.